The summed E-state index contributed by atoms with van der Waals surface area (Å²) in [7, 11) is 0. The Balaban J connectivity index is 2.01. The van der Waals surface area contributed by atoms with E-state index in [2.05, 4.69) is 38.1 Å². The van der Waals surface area contributed by atoms with Gasteiger partial charge in [0.05, 0.1) is 12.7 Å². The van der Waals surface area contributed by atoms with Gasteiger partial charge < -0.3 is 15.2 Å². The number of hydrogen-bond acceptors (Lipinski definition) is 3. The second-order valence-electron chi connectivity index (χ2n) is 5.49. The van der Waals surface area contributed by atoms with Crippen LogP contribution in [0, 0.1) is 0 Å². The molecule has 2 rings (SSSR count). The fourth-order valence-electron chi connectivity index (χ4n) is 2.29. The Bertz CT molecular complexity index is 388. The van der Waals surface area contributed by atoms with Crippen LogP contribution in [0.5, 0.6) is 0 Å². The summed E-state index contributed by atoms with van der Waals surface area (Å²) < 4.78 is 11.6. The highest BCUT2D eigenvalue weighted by molar-refractivity contribution is 5.25. The van der Waals surface area contributed by atoms with E-state index in [0.29, 0.717) is 19.1 Å². The molecule has 1 aliphatic heterocycles. The maximum absolute atomic E-state index is 5.83. The molecule has 1 aromatic carbocycles. The lowest BCUT2D eigenvalue weighted by Crippen LogP contribution is -2.31. The molecule has 0 aliphatic carbocycles. The summed E-state index contributed by atoms with van der Waals surface area (Å²) in [4.78, 5) is 0. The standard InChI is InChI=1S/C15H23NO2/c1-11(2)13-6-4-12(5-7-13)8-15(3)17-10-14(9-16)18-15/h4-7,11,14H,8-10,16H2,1-3H3. The Morgan fingerprint density at radius 1 is 1.33 bits per heavy atom. The third kappa shape index (κ3) is 3.10. The predicted molar refractivity (Wildman–Crippen MR) is 72.5 cm³/mol. The Morgan fingerprint density at radius 2 is 2.00 bits per heavy atom. The smallest absolute Gasteiger partial charge is 0.170 e. The molecule has 1 heterocycles. The van der Waals surface area contributed by atoms with Crippen LogP contribution in [0.15, 0.2) is 24.3 Å². The van der Waals surface area contributed by atoms with E-state index in [9.17, 15) is 0 Å². The minimum Gasteiger partial charge on any atom is -0.347 e. The third-order valence-corrected chi connectivity index (χ3v) is 3.43. The van der Waals surface area contributed by atoms with Crippen molar-refractivity contribution >= 4 is 0 Å². The van der Waals surface area contributed by atoms with Gasteiger partial charge in [0.15, 0.2) is 5.79 Å². The molecule has 1 aromatic rings. The van der Waals surface area contributed by atoms with E-state index < -0.39 is 5.79 Å². The molecule has 0 spiro atoms. The van der Waals surface area contributed by atoms with E-state index in [-0.39, 0.29) is 6.10 Å². The lowest BCUT2D eigenvalue weighted by molar-refractivity contribution is -0.151. The van der Waals surface area contributed by atoms with Crippen LogP contribution >= 0.6 is 0 Å². The molecule has 2 unspecified atom stereocenters. The van der Waals surface area contributed by atoms with Gasteiger partial charge in [-0.3, -0.25) is 0 Å². The van der Waals surface area contributed by atoms with E-state index in [4.69, 9.17) is 15.2 Å². The third-order valence-electron chi connectivity index (χ3n) is 3.43. The minimum absolute atomic E-state index is 0.0323. The molecule has 0 amide bonds. The van der Waals surface area contributed by atoms with Gasteiger partial charge in [0, 0.05) is 13.0 Å². The first-order valence-electron chi connectivity index (χ1n) is 6.63. The van der Waals surface area contributed by atoms with Crippen molar-refractivity contribution in [1.82, 2.24) is 0 Å². The Morgan fingerprint density at radius 3 is 2.50 bits per heavy atom. The van der Waals surface area contributed by atoms with Gasteiger partial charge in [0.1, 0.15) is 0 Å². The van der Waals surface area contributed by atoms with Crippen molar-refractivity contribution in [2.24, 2.45) is 5.73 Å². The predicted octanol–water partition coefficient (Wildman–Crippen LogP) is 2.44. The topological polar surface area (TPSA) is 44.5 Å². The molecule has 1 aliphatic rings. The van der Waals surface area contributed by atoms with Crippen LogP contribution in [0.3, 0.4) is 0 Å². The van der Waals surface area contributed by atoms with Crippen molar-refractivity contribution in [2.75, 3.05) is 13.2 Å². The normalized spacial score (nSPS) is 27.9. The summed E-state index contributed by atoms with van der Waals surface area (Å²) in [5, 5.41) is 0. The number of nitrogens with two attached hydrogens (primary N) is 1. The zero-order valence-electron chi connectivity index (χ0n) is 11.5. The molecule has 18 heavy (non-hydrogen) atoms. The van der Waals surface area contributed by atoms with Gasteiger partial charge in [-0.25, -0.2) is 0 Å². The maximum atomic E-state index is 5.83. The van der Waals surface area contributed by atoms with Crippen molar-refractivity contribution in [3.05, 3.63) is 35.4 Å². The molecule has 2 atom stereocenters. The largest absolute Gasteiger partial charge is 0.347 e. The second kappa shape index (κ2) is 5.39. The highest BCUT2D eigenvalue weighted by Gasteiger charge is 2.36. The molecule has 0 radical (unpaired) electrons. The van der Waals surface area contributed by atoms with Crippen LogP contribution in [-0.4, -0.2) is 25.0 Å². The zero-order valence-corrected chi connectivity index (χ0v) is 11.5. The van der Waals surface area contributed by atoms with Gasteiger partial charge in [-0.15, -0.1) is 0 Å². The average Bonchev–Trinajstić information content (AvgIpc) is 2.71. The van der Waals surface area contributed by atoms with Gasteiger partial charge in [-0.1, -0.05) is 38.1 Å². The average molecular weight is 249 g/mol. The van der Waals surface area contributed by atoms with Crippen LogP contribution < -0.4 is 5.73 Å². The van der Waals surface area contributed by atoms with Gasteiger partial charge in [0.2, 0.25) is 0 Å². The van der Waals surface area contributed by atoms with Crippen molar-refractivity contribution in [3.63, 3.8) is 0 Å². The van der Waals surface area contributed by atoms with Crippen molar-refractivity contribution < 1.29 is 9.47 Å². The van der Waals surface area contributed by atoms with Crippen LogP contribution in [0.4, 0.5) is 0 Å². The van der Waals surface area contributed by atoms with Gasteiger partial charge in [-0.2, -0.15) is 0 Å². The molecule has 0 aromatic heterocycles. The lowest BCUT2D eigenvalue weighted by Gasteiger charge is -2.23. The molecule has 1 saturated heterocycles. The van der Waals surface area contributed by atoms with E-state index in [1.165, 1.54) is 11.1 Å². The summed E-state index contributed by atoms with van der Waals surface area (Å²) in [6.45, 7) is 7.49. The molecular weight excluding hydrogens is 226 g/mol. The van der Waals surface area contributed by atoms with Crippen molar-refractivity contribution in [3.8, 4) is 0 Å². The number of ether oxygens (including phenoxy) is 2. The summed E-state index contributed by atoms with van der Waals surface area (Å²) in [5.41, 5.74) is 8.19. The number of benzene rings is 1. The van der Waals surface area contributed by atoms with Gasteiger partial charge >= 0.3 is 0 Å². The first kappa shape index (κ1) is 13.5. The van der Waals surface area contributed by atoms with Crippen LogP contribution in [0.1, 0.15) is 37.8 Å². The highest BCUT2D eigenvalue weighted by atomic mass is 16.7. The molecule has 100 valence electrons. The summed E-state index contributed by atoms with van der Waals surface area (Å²) in [6.07, 6.45) is 0.798. The van der Waals surface area contributed by atoms with Crippen LogP contribution in [0.2, 0.25) is 0 Å². The first-order valence-corrected chi connectivity index (χ1v) is 6.63. The van der Waals surface area contributed by atoms with Crippen molar-refractivity contribution in [2.45, 2.75) is 45.0 Å². The maximum Gasteiger partial charge on any atom is 0.170 e. The number of hydrogen-bond donors (Lipinski definition) is 1. The van der Waals surface area contributed by atoms with E-state index in [1.54, 1.807) is 0 Å². The van der Waals surface area contributed by atoms with E-state index in [1.807, 2.05) is 6.92 Å². The fraction of sp³-hybridized carbons (Fsp3) is 0.600. The molecular formula is C15H23NO2. The summed E-state index contributed by atoms with van der Waals surface area (Å²) in [6, 6.07) is 8.67. The van der Waals surface area contributed by atoms with E-state index >= 15 is 0 Å². The first-order chi connectivity index (χ1) is 8.52. The summed E-state index contributed by atoms with van der Waals surface area (Å²) in [5.74, 6) is 0.0406. The molecule has 3 nitrogen and oxygen atoms in total. The zero-order chi connectivity index (χ0) is 13.2. The molecule has 1 fully saturated rings. The molecule has 3 heteroatoms. The van der Waals surface area contributed by atoms with Crippen LogP contribution in [-0.2, 0) is 15.9 Å². The minimum atomic E-state index is -0.524. The lowest BCUT2D eigenvalue weighted by atomic mass is 9.99. The second-order valence-corrected chi connectivity index (χ2v) is 5.49. The van der Waals surface area contributed by atoms with Gasteiger partial charge in [0.25, 0.3) is 0 Å². The monoisotopic (exact) mass is 249 g/mol. The van der Waals surface area contributed by atoms with E-state index in [0.717, 1.165) is 6.42 Å². The highest BCUT2D eigenvalue weighted by Crippen LogP contribution is 2.27. The molecule has 2 N–H and O–H groups in total. The molecule has 0 bridgehead atoms. The Hall–Kier alpha value is -0.900. The van der Waals surface area contributed by atoms with Crippen LogP contribution in [0.25, 0.3) is 0 Å². The fourth-order valence-corrected chi connectivity index (χ4v) is 2.29. The molecule has 0 saturated carbocycles. The summed E-state index contributed by atoms with van der Waals surface area (Å²) >= 11 is 0. The Kier molecular flexibility index (Phi) is 4.05. The quantitative estimate of drug-likeness (QED) is 0.891. The Labute approximate surface area is 109 Å². The number of rotatable bonds is 4. The van der Waals surface area contributed by atoms with Gasteiger partial charge in [-0.05, 0) is 24.0 Å². The SMILES string of the molecule is CC(C)c1ccc(CC2(C)OCC(CN)O2)cc1. The van der Waals surface area contributed by atoms with Crippen molar-refractivity contribution in [1.29, 1.82) is 0 Å².